The topological polar surface area (TPSA) is 61.9 Å². The molecule has 118 valence electrons. The van der Waals surface area contributed by atoms with Gasteiger partial charge in [0.25, 0.3) is 0 Å². The van der Waals surface area contributed by atoms with E-state index in [-0.39, 0.29) is 5.97 Å². The molecule has 0 atom stereocenters. The number of carbonyl (C=O) groups excluding carboxylic acids is 1. The number of carbonyl (C=O) groups is 1. The van der Waals surface area contributed by atoms with Crippen LogP contribution in [0.25, 0.3) is 22.8 Å². The largest absolute Gasteiger partial charge is 0.463 e. The van der Waals surface area contributed by atoms with Gasteiger partial charge in [0.05, 0.1) is 24.0 Å². The van der Waals surface area contributed by atoms with E-state index in [2.05, 4.69) is 10.1 Å². The molecule has 0 spiro atoms. The van der Waals surface area contributed by atoms with Crippen LogP contribution in [0, 0.1) is 6.92 Å². The van der Waals surface area contributed by atoms with Crippen molar-refractivity contribution in [1.29, 1.82) is 0 Å². The highest BCUT2D eigenvalue weighted by Gasteiger charge is 2.15. The molecule has 3 aromatic rings. The molecule has 6 nitrogen and oxygen atoms in total. The van der Waals surface area contributed by atoms with Gasteiger partial charge in [-0.25, -0.2) is 4.79 Å². The molecule has 0 saturated heterocycles. The number of aryl methyl sites for hydroxylation is 2. The minimum Gasteiger partial charge on any atom is -0.463 e. The summed E-state index contributed by atoms with van der Waals surface area (Å²) in [6, 6.07) is 3.99. The van der Waals surface area contributed by atoms with E-state index >= 15 is 0 Å². The molecule has 0 fully saturated rings. The average molecular weight is 310 g/mol. The van der Waals surface area contributed by atoms with Crippen LogP contribution in [0.2, 0.25) is 0 Å². The Morgan fingerprint density at radius 2 is 2.22 bits per heavy atom. The van der Waals surface area contributed by atoms with E-state index in [0.717, 1.165) is 28.0 Å². The number of rotatable bonds is 4. The summed E-state index contributed by atoms with van der Waals surface area (Å²) in [4.78, 5) is 15.8. The molecule has 6 heteroatoms. The molecule has 3 heterocycles. The average Bonchev–Trinajstić information content (AvgIpc) is 3.06. The molecule has 0 aromatic carbocycles. The molecule has 0 aliphatic rings. The number of hydrogen-bond donors (Lipinski definition) is 0. The van der Waals surface area contributed by atoms with Gasteiger partial charge >= 0.3 is 5.97 Å². The Bertz CT molecular complexity index is 889. The number of ether oxygens (including phenoxy) is 1. The monoisotopic (exact) mass is 310 g/mol. The molecular formula is C17H18N4O2. The van der Waals surface area contributed by atoms with E-state index in [1.165, 1.54) is 6.08 Å². The van der Waals surface area contributed by atoms with Gasteiger partial charge in [-0.15, -0.1) is 0 Å². The van der Waals surface area contributed by atoms with Crippen molar-refractivity contribution in [3.05, 3.63) is 48.1 Å². The molecule has 0 unspecified atom stereocenters. The summed E-state index contributed by atoms with van der Waals surface area (Å²) in [7, 11) is 1.88. The fourth-order valence-electron chi connectivity index (χ4n) is 2.64. The molecule has 23 heavy (non-hydrogen) atoms. The van der Waals surface area contributed by atoms with Crippen LogP contribution in [0.3, 0.4) is 0 Å². The van der Waals surface area contributed by atoms with Crippen molar-refractivity contribution in [1.82, 2.24) is 19.3 Å². The molecule has 0 aliphatic heterocycles. The van der Waals surface area contributed by atoms with Gasteiger partial charge in [0.15, 0.2) is 0 Å². The highest BCUT2D eigenvalue weighted by Crippen LogP contribution is 2.24. The lowest BCUT2D eigenvalue weighted by atomic mass is 10.2. The zero-order chi connectivity index (χ0) is 16.4. The predicted octanol–water partition coefficient (Wildman–Crippen LogP) is 2.64. The molecular weight excluding hydrogens is 292 g/mol. The van der Waals surface area contributed by atoms with E-state index in [0.29, 0.717) is 6.61 Å². The standard InChI is InChI=1S/C17H18N4O2/c1-4-23-16(22)6-5-14-12(2)19-20(3)17(14)21-10-8-13-7-9-18-11-15(13)21/h5-11H,4H2,1-3H3. The SMILES string of the molecule is CCOC(=O)C=Cc1c(C)nn(C)c1-n1ccc2ccncc21. The number of esters is 1. The second-order valence-corrected chi connectivity index (χ2v) is 5.15. The van der Waals surface area contributed by atoms with Gasteiger partial charge in [0, 0.05) is 36.5 Å². The van der Waals surface area contributed by atoms with Crippen LogP contribution >= 0.6 is 0 Å². The van der Waals surface area contributed by atoms with Gasteiger partial charge in [-0.3, -0.25) is 14.2 Å². The van der Waals surface area contributed by atoms with Gasteiger partial charge in [-0.1, -0.05) is 0 Å². The molecule has 3 rings (SSSR count). The first-order valence-electron chi connectivity index (χ1n) is 7.41. The third-order valence-corrected chi connectivity index (χ3v) is 3.63. The summed E-state index contributed by atoms with van der Waals surface area (Å²) in [6.07, 6.45) is 8.74. The normalized spacial score (nSPS) is 11.4. The molecule has 3 aromatic heterocycles. The summed E-state index contributed by atoms with van der Waals surface area (Å²) in [5.41, 5.74) is 2.71. The van der Waals surface area contributed by atoms with Crippen LogP contribution in [0.15, 0.2) is 36.8 Å². The van der Waals surface area contributed by atoms with E-state index in [9.17, 15) is 4.79 Å². The van der Waals surface area contributed by atoms with E-state index in [1.54, 1.807) is 23.9 Å². The maximum absolute atomic E-state index is 11.6. The summed E-state index contributed by atoms with van der Waals surface area (Å²) in [5.74, 6) is 0.520. The van der Waals surface area contributed by atoms with E-state index < -0.39 is 0 Å². The van der Waals surface area contributed by atoms with Gasteiger partial charge < -0.3 is 4.74 Å². The summed E-state index contributed by atoms with van der Waals surface area (Å²) in [5, 5.41) is 5.57. The van der Waals surface area contributed by atoms with Crippen molar-refractivity contribution in [3.63, 3.8) is 0 Å². The Balaban J connectivity index is 2.11. The highest BCUT2D eigenvalue weighted by molar-refractivity contribution is 5.88. The molecule has 0 aliphatic carbocycles. The Hall–Kier alpha value is -2.89. The zero-order valence-corrected chi connectivity index (χ0v) is 13.4. The van der Waals surface area contributed by atoms with Crippen molar-refractivity contribution < 1.29 is 9.53 Å². The van der Waals surface area contributed by atoms with Gasteiger partial charge in [-0.05, 0) is 32.1 Å². The van der Waals surface area contributed by atoms with Crippen molar-refractivity contribution >= 4 is 22.9 Å². The summed E-state index contributed by atoms with van der Waals surface area (Å²) in [6.45, 7) is 4.06. The van der Waals surface area contributed by atoms with Gasteiger partial charge in [0.1, 0.15) is 5.82 Å². The zero-order valence-electron chi connectivity index (χ0n) is 13.4. The number of aromatic nitrogens is 4. The smallest absolute Gasteiger partial charge is 0.330 e. The Labute approximate surface area is 134 Å². The molecule has 0 radical (unpaired) electrons. The predicted molar refractivity (Wildman–Crippen MR) is 88.2 cm³/mol. The maximum Gasteiger partial charge on any atom is 0.330 e. The Kier molecular flexibility index (Phi) is 3.97. The second kappa shape index (κ2) is 6.08. The second-order valence-electron chi connectivity index (χ2n) is 5.15. The van der Waals surface area contributed by atoms with E-state index in [4.69, 9.17) is 4.74 Å². The van der Waals surface area contributed by atoms with Crippen molar-refractivity contribution in [2.75, 3.05) is 6.61 Å². The van der Waals surface area contributed by atoms with Crippen LogP contribution in [-0.4, -0.2) is 31.9 Å². The van der Waals surface area contributed by atoms with Crippen LogP contribution in [0.4, 0.5) is 0 Å². The first-order valence-corrected chi connectivity index (χ1v) is 7.41. The minimum atomic E-state index is -0.360. The highest BCUT2D eigenvalue weighted by atomic mass is 16.5. The first-order chi connectivity index (χ1) is 11.1. The van der Waals surface area contributed by atoms with Crippen LogP contribution in [-0.2, 0) is 16.6 Å². The molecule has 0 bridgehead atoms. The lowest BCUT2D eigenvalue weighted by Crippen LogP contribution is -2.03. The number of fused-ring (bicyclic) bond motifs is 1. The lowest BCUT2D eigenvalue weighted by molar-refractivity contribution is -0.137. The van der Waals surface area contributed by atoms with Crippen molar-refractivity contribution in [2.45, 2.75) is 13.8 Å². The van der Waals surface area contributed by atoms with Crippen LogP contribution < -0.4 is 0 Å². The van der Waals surface area contributed by atoms with E-state index in [1.807, 2.05) is 43.1 Å². The van der Waals surface area contributed by atoms with Crippen molar-refractivity contribution in [2.24, 2.45) is 7.05 Å². The molecule has 0 N–H and O–H groups in total. The third-order valence-electron chi connectivity index (χ3n) is 3.63. The fourth-order valence-corrected chi connectivity index (χ4v) is 2.64. The maximum atomic E-state index is 11.6. The molecule has 0 saturated carbocycles. The Morgan fingerprint density at radius 1 is 1.39 bits per heavy atom. The summed E-state index contributed by atoms with van der Waals surface area (Å²) >= 11 is 0. The van der Waals surface area contributed by atoms with Gasteiger partial charge in [-0.2, -0.15) is 5.10 Å². The number of hydrogen-bond acceptors (Lipinski definition) is 4. The summed E-state index contributed by atoms with van der Waals surface area (Å²) < 4.78 is 8.76. The third kappa shape index (κ3) is 2.75. The fraction of sp³-hybridized carbons (Fsp3) is 0.235. The van der Waals surface area contributed by atoms with Crippen molar-refractivity contribution in [3.8, 4) is 5.82 Å². The lowest BCUT2D eigenvalue weighted by Gasteiger charge is -2.07. The van der Waals surface area contributed by atoms with Crippen LogP contribution in [0.5, 0.6) is 0 Å². The van der Waals surface area contributed by atoms with Gasteiger partial charge in [0.2, 0.25) is 0 Å². The first kappa shape index (κ1) is 15.0. The van der Waals surface area contributed by atoms with Crippen LogP contribution in [0.1, 0.15) is 18.2 Å². The number of nitrogens with zero attached hydrogens (tertiary/aromatic N) is 4. The Morgan fingerprint density at radius 3 is 3.00 bits per heavy atom. The molecule has 0 amide bonds. The minimum absolute atomic E-state index is 0.357. The quantitative estimate of drug-likeness (QED) is 0.549. The number of pyridine rings is 1.